The molecule has 0 radical (unpaired) electrons. The minimum absolute atomic E-state index is 0.0156. The van der Waals surface area contributed by atoms with Crippen molar-refractivity contribution in [3.63, 3.8) is 0 Å². The number of nitrogens with zero attached hydrogens (tertiary/aromatic N) is 2. The number of carbonyl (C=O) groups is 2. The van der Waals surface area contributed by atoms with Gasteiger partial charge in [0, 0.05) is 24.3 Å². The van der Waals surface area contributed by atoms with Crippen LogP contribution in [0.2, 0.25) is 0 Å². The lowest BCUT2D eigenvalue weighted by Crippen LogP contribution is -2.17. The third kappa shape index (κ3) is 2.49. The number of carboxylic acid groups (broad SMARTS) is 1. The number of aromatic carboxylic acids is 1. The third-order valence-electron chi connectivity index (χ3n) is 2.19. The van der Waals surface area contributed by atoms with E-state index in [-0.39, 0.29) is 11.3 Å². The Balaban J connectivity index is 2.27. The molecule has 6 heteroatoms. The lowest BCUT2D eigenvalue weighted by molar-refractivity contribution is 0.0686. The van der Waals surface area contributed by atoms with Crippen LogP contribution < -0.4 is 5.32 Å². The Bertz CT molecular complexity index is 584. The van der Waals surface area contributed by atoms with Gasteiger partial charge in [-0.05, 0) is 24.3 Å². The van der Waals surface area contributed by atoms with Crippen molar-refractivity contribution in [3.8, 4) is 0 Å². The van der Waals surface area contributed by atoms with E-state index in [0.29, 0.717) is 5.69 Å². The van der Waals surface area contributed by atoms with Gasteiger partial charge in [-0.15, -0.1) is 0 Å². The third-order valence-corrected chi connectivity index (χ3v) is 2.19. The SMILES string of the molecule is O=C(Nc1ccncc1)c1cccnc1C(=O)O. The van der Waals surface area contributed by atoms with Crippen LogP contribution in [0.15, 0.2) is 42.9 Å². The molecule has 0 bridgehead atoms. The molecule has 0 aliphatic heterocycles. The molecule has 0 fully saturated rings. The van der Waals surface area contributed by atoms with Crippen LogP contribution in [0.3, 0.4) is 0 Å². The topological polar surface area (TPSA) is 92.2 Å². The van der Waals surface area contributed by atoms with Crippen LogP contribution in [-0.2, 0) is 0 Å². The van der Waals surface area contributed by atoms with E-state index in [9.17, 15) is 9.59 Å². The van der Waals surface area contributed by atoms with Crippen molar-refractivity contribution in [2.24, 2.45) is 0 Å². The van der Waals surface area contributed by atoms with E-state index >= 15 is 0 Å². The molecule has 0 saturated carbocycles. The van der Waals surface area contributed by atoms with Crippen LogP contribution in [0, 0.1) is 0 Å². The molecule has 6 nitrogen and oxygen atoms in total. The van der Waals surface area contributed by atoms with Gasteiger partial charge in [-0.3, -0.25) is 9.78 Å². The average Bonchev–Trinajstić information content (AvgIpc) is 2.40. The Labute approximate surface area is 102 Å². The van der Waals surface area contributed by atoms with Crippen LogP contribution in [0.1, 0.15) is 20.8 Å². The van der Waals surface area contributed by atoms with Gasteiger partial charge in [0.15, 0.2) is 5.69 Å². The number of anilines is 1. The lowest BCUT2D eigenvalue weighted by atomic mass is 10.2. The van der Waals surface area contributed by atoms with Gasteiger partial charge in [0.05, 0.1) is 5.56 Å². The summed E-state index contributed by atoms with van der Waals surface area (Å²) in [6, 6.07) is 6.13. The van der Waals surface area contributed by atoms with Crippen LogP contribution in [0.25, 0.3) is 0 Å². The van der Waals surface area contributed by atoms with Crippen molar-refractivity contribution in [2.45, 2.75) is 0 Å². The standard InChI is InChI=1S/C12H9N3O3/c16-11(15-8-3-6-13-7-4-8)9-2-1-5-14-10(9)12(17)18/h1-7H,(H,17,18)(H,13,15,16). The van der Waals surface area contributed by atoms with Gasteiger partial charge < -0.3 is 10.4 Å². The molecule has 2 heterocycles. The van der Waals surface area contributed by atoms with Gasteiger partial charge in [0.25, 0.3) is 5.91 Å². The second kappa shape index (κ2) is 5.05. The van der Waals surface area contributed by atoms with Crippen molar-refractivity contribution in [2.75, 3.05) is 5.32 Å². The van der Waals surface area contributed by atoms with Gasteiger partial charge in [-0.25, -0.2) is 9.78 Å². The Kier molecular flexibility index (Phi) is 3.29. The summed E-state index contributed by atoms with van der Waals surface area (Å²) < 4.78 is 0. The maximum Gasteiger partial charge on any atom is 0.355 e. The summed E-state index contributed by atoms with van der Waals surface area (Å²) >= 11 is 0. The van der Waals surface area contributed by atoms with Crippen LogP contribution in [0.4, 0.5) is 5.69 Å². The summed E-state index contributed by atoms with van der Waals surface area (Å²) in [5.74, 6) is -1.76. The number of aromatic nitrogens is 2. The molecule has 0 atom stereocenters. The summed E-state index contributed by atoms with van der Waals surface area (Å²) in [6.45, 7) is 0. The molecular formula is C12H9N3O3. The molecule has 2 N–H and O–H groups in total. The number of carbonyl (C=O) groups excluding carboxylic acids is 1. The van der Waals surface area contributed by atoms with Gasteiger partial charge in [-0.1, -0.05) is 0 Å². The van der Waals surface area contributed by atoms with E-state index in [1.807, 2.05) is 0 Å². The van der Waals surface area contributed by atoms with Gasteiger partial charge >= 0.3 is 5.97 Å². The summed E-state index contributed by atoms with van der Waals surface area (Å²) in [4.78, 5) is 30.3. The van der Waals surface area contributed by atoms with Crippen LogP contribution in [-0.4, -0.2) is 27.0 Å². The highest BCUT2D eigenvalue weighted by molar-refractivity contribution is 6.09. The number of nitrogens with one attached hydrogen (secondary N) is 1. The van der Waals surface area contributed by atoms with Gasteiger partial charge in [0.2, 0.25) is 0 Å². The minimum atomic E-state index is -1.24. The van der Waals surface area contributed by atoms with E-state index in [4.69, 9.17) is 5.11 Å². The molecule has 18 heavy (non-hydrogen) atoms. The van der Waals surface area contributed by atoms with Crippen molar-refractivity contribution in [1.82, 2.24) is 9.97 Å². The fourth-order valence-electron chi connectivity index (χ4n) is 1.39. The molecular weight excluding hydrogens is 234 g/mol. The summed E-state index contributed by atoms with van der Waals surface area (Å²) in [6.07, 6.45) is 4.38. The van der Waals surface area contributed by atoms with Crippen molar-refractivity contribution < 1.29 is 14.7 Å². The van der Waals surface area contributed by atoms with E-state index in [0.717, 1.165) is 0 Å². The van der Waals surface area contributed by atoms with Crippen molar-refractivity contribution in [1.29, 1.82) is 0 Å². The zero-order valence-electron chi connectivity index (χ0n) is 9.20. The Morgan fingerprint density at radius 2 is 1.83 bits per heavy atom. The first kappa shape index (κ1) is 11.7. The number of rotatable bonds is 3. The number of pyridine rings is 2. The zero-order chi connectivity index (χ0) is 13.0. The van der Waals surface area contributed by atoms with Crippen LogP contribution in [0.5, 0.6) is 0 Å². The second-order valence-corrected chi connectivity index (χ2v) is 3.39. The van der Waals surface area contributed by atoms with Crippen molar-refractivity contribution >= 4 is 17.6 Å². The number of carboxylic acids is 1. The molecule has 2 aromatic heterocycles. The Morgan fingerprint density at radius 3 is 2.50 bits per heavy atom. The quantitative estimate of drug-likeness (QED) is 0.850. The smallest absolute Gasteiger partial charge is 0.355 e. The number of hydrogen-bond donors (Lipinski definition) is 2. The van der Waals surface area contributed by atoms with E-state index < -0.39 is 11.9 Å². The van der Waals surface area contributed by atoms with Crippen LogP contribution >= 0.6 is 0 Å². The second-order valence-electron chi connectivity index (χ2n) is 3.39. The lowest BCUT2D eigenvalue weighted by Gasteiger charge is -2.06. The molecule has 90 valence electrons. The Morgan fingerprint density at radius 1 is 1.11 bits per heavy atom. The highest BCUT2D eigenvalue weighted by Gasteiger charge is 2.17. The Hall–Kier alpha value is -2.76. The fraction of sp³-hybridized carbons (Fsp3) is 0. The molecule has 2 aromatic rings. The first-order valence-electron chi connectivity index (χ1n) is 5.08. The van der Waals surface area contributed by atoms with Gasteiger partial charge in [-0.2, -0.15) is 0 Å². The van der Waals surface area contributed by atoms with E-state index in [1.54, 1.807) is 12.1 Å². The molecule has 0 aliphatic carbocycles. The fourth-order valence-corrected chi connectivity index (χ4v) is 1.39. The molecule has 0 unspecified atom stereocenters. The maximum atomic E-state index is 11.9. The van der Waals surface area contributed by atoms with E-state index in [2.05, 4.69) is 15.3 Å². The largest absolute Gasteiger partial charge is 0.476 e. The van der Waals surface area contributed by atoms with Crippen molar-refractivity contribution in [3.05, 3.63) is 54.1 Å². The first-order valence-corrected chi connectivity index (χ1v) is 5.08. The highest BCUT2D eigenvalue weighted by Crippen LogP contribution is 2.10. The highest BCUT2D eigenvalue weighted by atomic mass is 16.4. The monoisotopic (exact) mass is 243 g/mol. The predicted octanol–water partition coefficient (Wildman–Crippen LogP) is 1.43. The number of amides is 1. The normalized spacial score (nSPS) is 9.78. The average molecular weight is 243 g/mol. The molecule has 0 aromatic carbocycles. The zero-order valence-corrected chi connectivity index (χ0v) is 9.20. The van der Waals surface area contributed by atoms with E-state index in [1.165, 1.54) is 30.7 Å². The van der Waals surface area contributed by atoms with Gasteiger partial charge in [0.1, 0.15) is 0 Å². The predicted molar refractivity (Wildman–Crippen MR) is 63.4 cm³/mol. The molecule has 1 amide bonds. The molecule has 0 saturated heterocycles. The molecule has 2 rings (SSSR count). The minimum Gasteiger partial charge on any atom is -0.476 e. The summed E-state index contributed by atoms with van der Waals surface area (Å²) in [5, 5.41) is 11.5. The summed E-state index contributed by atoms with van der Waals surface area (Å²) in [7, 11) is 0. The first-order chi connectivity index (χ1) is 8.68. The molecule has 0 spiro atoms. The summed E-state index contributed by atoms with van der Waals surface area (Å²) in [5.41, 5.74) is 0.279. The number of hydrogen-bond acceptors (Lipinski definition) is 4. The molecule has 0 aliphatic rings. The maximum absolute atomic E-state index is 11.9.